The summed E-state index contributed by atoms with van der Waals surface area (Å²) in [4.78, 5) is 0. The number of aromatic nitrogens is 2. The van der Waals surface area contributed by atoms with Crippen LogP contribution in [0.5, 0.6) is 0 Å². The molecule has 0 atom stereocenters. The Morgan fingerprint density at radius 3 is 2.80 bits per heavy atom. The van der Waals surface area contributed by atoms with Crippen LogP contribution in [0.15, 0.2) is 18.2 Å². The van der Waals surface area contributed by atoms with E-state index < -0.39 is 0 Å². The molecule has 0 spiro atoms. The van der Waals surface area contributed by atoms with Crippen molar-refractivity contribution in [3.63, 3.8) is 0 Å². The fourth-order valence-corrected chi connectivity index (χ4v) is 2.51. The van der Waals surface area contributed by atoms with Gasteiger partial charge in [-0.2, -0.15) is 10.4 Å². The molecule has 5 heteroatoms. The predicted molar refractivity (Wildman–Crippen MR) is 80.8 cm³/mol. The largest absolute Gasteiger partial charge is 0.378 e. The topological polar surface area (TPSA) is 53.6 Å². The second-order valence-electron chi connectivity index (χ2n) is 4.65. The summed E-state index contributed by atoms with van der Waals surface area (Å²) in [6.45, 7) is 4.50. The van der Waals surface area contributed by atoms with Crippen LogP contribution in [0.2, 0.25) is 5.02 Å². The number of nitriles is 1. The summed E-state index contributed by atoms with van der Waals surface area (Å²) >= 11 is 6.31. The molecule has 0 saturated heterocycles. The molecule has 0 aliphatic carbocycles. The lowest BCUT2D eigenvalue weighted by molar-refractivity contribution is 0.707. The van der Waals surface area contributed by atoms with Crippen molar-refractivity contribution in [3.05, 3.63) is 45.7 Å². The van der Waals surface area contributed by atoms with Gasteiger partial charge in [-0.3, -0.25) is 4.68 Å². The van der Waals surface area contributed by atoms with Gasteiger partial charge in [0.15, 0.2) is 0 Å². The lowest BCUT2D eigenvalue weighted by Crippen LogP contribution is -2.07. The molecule has 1 N–H and O–H groups in total. The molecule has 0 bridgehead atoms. The van der Waals surface area contributed by atoms with Gasteiger partial charge in [-0.15, -0.1) is 0 Å². The monoisotopic (exact) mass is 288 g/mol. The van der Waals surface area contributed by atoms with Gasteiger partial charge < -0.3 is 5.32 Å². The zero-order valence-electron chi connectivity index (χ0n) is 11.9. The summed E-state index contributed by atoms with van der Waals surface area (Å²) in [5.74, 6) is 0. The van der Waals surface area contributed by atoms with Crippen LogP contribution in [-0.2, 0) is 20.0 Å². The number of halogens is 1. The smallest absolute Gasteiger partial charge is 0.102 e. The summed E-state index contributed by atoms with van der Waals surface area (Å²) in [6.07, 6.45) is 0.806. The highest BCUT2D eigenvalue weighted by Crippen LogP contribution is 2.23. The molecule has 1 heterocycles. The Labute approximate surface area is 124 Å². The Balaban J connectivity index is 2.24. The lowest BCUT2D eigenvalue weighted by Gasteiger charge is -2.10. The Morgan fingerprint density at radius 1 is 1.45 bits per heavy atom. The van der Waals surface area contributed by atoms with Gasteiger partial charge in [0.1, 0.15) is 6.07 Å². The maximum atomic E-state index is 9.21. The van der Waals surface area contributed by atoms with Gasteiger partial charge in [-0.25, -0.2) is 0 Å². The standard InChI is InChI=1S/C15H17ClN4/c1-4-12-15(16)14(20(3)19-12)9-18-13-7-5-6-10(2)11(13)8-17/h5-7,18H,4,9H2,1-3H3. The second-order valence-corrected chi connectivity index (χ2v) is 5.03. The van der Waals surface area contributed by atoms with E-state index in [0.717, 1.165) is 29.1 Å². The van der Waals surface area contributed by atoms with Crippen LogP contribution >= 0.6 is 11.6 Å². The minimum absolute atomic E-state index is 0.542. The molecule has 0 aliphatic rings. The van der Waals surface area contributed by atoms with E-state index in [4.69, 9.17) is 11.6 Å². The van der Waals surface area contributed by atoms with E-state index in [-0.39, 0.29) is 0 Å². The van der Waals surface area contributed by atoms with E-state index in [0.29, 0.717) is 17.1 Å². The lowest BCUT2D eigenvalue weighted by atomic mass is 10.1. The first-order valence-electron chi connectivity index (χ1n) is 6.52. The number of rotatable bonds is 4. The van der Waals surface area contributed by atoms with Crippen molar-refractivity contribution >= 4 is 17.3 Å². The predicted octanol–water partition coefficient (Wildman–Crippen LogP) is 3.43. The van der Waals surface area contributed by atoms with E-state index in [1.165, 1.54) is 0 Å². The number of aryl methyl sites for hydroxylation is 3. The van der Waals surface area contributed by atoms with Crippen LogP contribution in [-0.4, -0.2) is 9.78 Å². The van der Waals surface area contributed by atoms with E-state index in [1.54, 1.807) is 4.68 Å². The van der Waals surface area contributed by atoms with Crippen LogP contribution in [0.4, 0.5) is 5.69 Å². The molecule has 0 radical (unpaired) electrons. The first kappa shape index (κ1) is 14.4. The van der Waals surface area contributed by atoms with E-state index >= 15 is 0 Å². The van der Waals surface area contributed by atoms with Crippen LogP contribution in [0.3, 0.4) is 0 Å². The first-order chi connectivity index (χ1) is 9.58. The summed E-state index contributed by atoms with van der Waals surface area (Å²) in [5, 5.41) is 17.6. The molecule has 2 aromatic rings. The number of hydrogen-bond donors (Lipinski definition) is 1. The van der Waals surface area contributed by atoms with Gasteiger partial charge in [-0.05, 0) is 25.0 Å². The highest BCUT2D eigenvalue weighted by atomic mass is 35.5. The minimum atomic E-state index is 0.542. The molecule has 0 saturated carbocycles. The molecule has 20 heavy (non-hydrogen) atoms. The van der Waals surface area contributed by atoms with Crippen molar-refractivity contribution in [1.29, 1.82) is 5.26 Å². The number of anilines is 1. The van der Waals surface area contributed by atoms with Crippen LogP contribution in [0.25, 0.3) is 0 Å². The molecular formula is C15H17ClN4. The number of nitrogens with one attached hydrogen (secondary N) is 1. The summed E-state index contributed by atoms with van der Waals surface area (Å²) < 4.78 is 1.79. The SMILES string of the molecule is CCc1nn(C)c(CNc2cccc(C)c2C#N)c1Cl. The Kier molecular flexibility index (Phi) is 4.31. The maximum Gasteiger partial charge on any atom is 0.102 e. The van der Waals surface area contributed by atoms with Crippen molar-refractivity contribution in [1.82, 2.24) is 9.78 Å². The molecule has 104 valence electrons. The third-order valence-corrected chi connectivity index (χ3v) is 3.77. The molecule has 0 unspecified atom stereocenters. The van der Waals surface area contributed by atoms with Gasteiger partial charge in [0.05, 0.1) is 34.2 Å². The number of hydrogen-bond acceptors (Lipinski definition) is 3. The quantitative estimate of drug-likeness (QED) is 0.938. The average Bonchev–Trinajstić information content (AvgIpc) is 2.71. The highest BCUT2D eigenvalue weighted by Gasteiger charge is 2.13. The maximum absolute atomic E-state index is 9.21. The van der Waals surface area contributed by atoms with Crippen molar-refractivity contribution in [3.8, 4) is 6.07 Å². The fraction of sp³-hybridized carbons (Fsp3) is 0.333. The zero-order valence-corrected chi connectivity index (χ0v) is 12.6. The minimum Gasteiger partial charge on any atom is -0.378 e. The number of benzene rings is 1. The zero-order chi connectivity index (χ0) is 14.7. The van der Waals surface area contributed by atoms with Crippen LogP contribution in [0, 0.1) is 18.3 Å². The van der Waals surface area contributed by atoms with Gasteiger partial charge in [0.25, 0.3) is 0 Å². The van der Waals surface area contributed by atoms with E-state index in [2.05, 4.69) is 16.5 Å². The third kappa shape index (κ3) is 2.63. The summed E-state index contributed by atoms with van der Waals surface area (Å²) in [6, 6.07) is 7.99. The van der Waals surface area contributed by atoms with Crippen molar-refractivity contribution in [2.24, 2.45) is 7.05 Å². The Morgan fingerprint density at radius 2 is 2.20 bits per heavy atom. The molecular weight excluding hydrogens is 272 g/mol. The first-order valence-corrected chi connectivity index (χ1v) is 6.90. The van der Waals surface area contributed by atoms with Gasteiger partial charge in [-0.1, -0.05) is 30.7 Å². The van der Waals surface area contributed by atoms with Crippen molar-refractivity contribution < 1.29 is 0 Å². The van der Waals surface area contributed by atoms with Crippen molar-refractivity contribution in [2.45, 2.75) is 26.8 Å². The summed E-state index contributed by atoms with van der Waals surface area (Å²) in [7, 11) is 1.88. The molecule has 4 nitrogen and oxygen atoms in total. The molecule has 1 aromatic heterocycles. The Hall–Kier alpha value is -1.99. The molecule has 0 fully saturated rings. The van der Waals surface area contributed by atoms with Gasteiger partial charge in [0, 0.05) is 7.05 Å². The summed E-state index contributed by atoms with van der Waals surface area (Å²) in [5.41, 5.74) is 4.27. The Bertz CT molecular complexity index is 667. The van der Waals surface area contributed by atoms with Crippen LogP contribution in [0.1, 0.15) is 29.4 Å². The normalized spacial score (nSPS) is 10.3. The molecule has 0 aliphatic heterocycles. The number of nitrogens with zero attached hydrogens (tertiary/aromatic N) is 3. The van der Waals surface area contributed by atoms with Crippen molar-refractivity contribution in [2.75, 3.05) is 5.32 Å². The third-order valence-electron chi connectivity index (χ3n) is 3.33. The van der Waals surface area contributed by atoms with Gasteiger partial charge >= 0.3 is 0 Å². The highest BCUT2D eigenvalue weighted by molar-refractivity contribution is 6.31. The van der Waals surface area contributed by atoms with Gasteiger partial charge in [0.2, 0.25) is 0 Å². The van der Waals surface area contributed by atoms with Crippen LogP contribution < -0.4 is 5.32 Å². The van der Waals surface area contributed by atoms with E-state index in [1.807, 2.05) is 39.1 Å². The fourth-order valence-electron chi connectivity index (χ4n) is 2.15. The van der Waals surface area contributed by atoms with E-state index in [9.17, 15) is 5.26 Å². The molecule has 0 amide bonds. The molecule has 1 aromatic carbocycles. The molecule has 2 rings (SSSR count). The average molecular weight is 289 g/mol. The second kappa shape index (κ2) is 5.98.